The molecule has 1 saturated carbocycles. The standard InChI is InChI=1S/C14H19F2NO.C8H13F3O.C5H10/c1-6-8(2)17-11-7-10(15)12(14(4,5)18)13(16)9(11)3;1-4-6(12)5-7(2,3)8(9,10)11;1-5-3-2-4-5/h7,18H,6H2,1-5H3;4-5H2,1-3H3;5H,2-4H2,1H3. The summed E-state index contributed by atoms with van der Waals surface area (Å²) in [4.78, 5) is 15.0. The molecular formula is C27H42F5NO2. The highest BCUT2D eigenvalue weighted by Crippen LogP contribution is 2.40. The zero-order valence-electron chi connectivity index (χ0n) is 22.6. The molecule has 0 unspecified atom stereocenters. The van der Waals surface area contributed by atoms with E-state index in [0.29, 0.717) is 0 Å². The van der Waals surface area contributed by atoms with E-state index in [2.05, 4.69) is 11.9 Å². The van der Waals surface area contributed by atoms with Crippen molar-refractivity contribution in [3.05, 3.63) is 28.8 Å². The predicted molar refractivity (Wildman–Crippen MR) is 132 cm³/mol. The fourth-order valence-corrected chi connectivity index (χ4v) is 3.00. The molecule has 35 heavy (non-hydrogen) atoms. The van der Waals surface area contributed by atoms with Gasteiger partial charge < -0.3 is 5.11 Å². The minimum Gasteiger partial charge on any atom is -0.386 e. The molecule has 2 rings (SSSR count). The van der Waals surface area contributed by atoms with Gasteiger partial charge in [0.05, 0.1) is 22.3 Å². The molecule has 202 valence electrons. The summed E-state index contributed by atoms with van der Waals surface area (Å²) in [6.45, 7) is 13.9. The van der Waals surface area contributed by atoms with E-state index in [1.165, 1.54) is 46.1 Å². The van der Waals surface area contributed by atoms with Crippen molar-refractivity contribution in [1.29, 1.82) is 0 Å². The van der Waals surface area contributed by atoms with Gasteiger partial charge in [-0.15, -0.1) is 0 Å². The second-order valence-electron chi connectivity index (χ2n) is 10.4. The van der Waals surface area contributed by atoms with E-state index in [1.807, 2.05) is 6.92 Å². The molecule has 0 amide bonds. The van der Waals surface area contributed by atoms with E-state index >= 15 is 0 Å². The maximum Gasteiger partial charge on any atom is 0.394 e. The smallest absolute Gasteiger partial charge is 0.386 e. The minimum absolute atomic E-state index is 0.166. The third-order valence-electron chi connectivity index (χ3n) is 6.06. The van der Waals surface area contributed by atoms with Gasteiger partial charge in [-0.05, 0) is 40.0 Å². The summed E-state index contributed by atoms with van der Waals surface area (Å²) in [5.41, 5.74) is -2.43. The molecule has 3 nitrogen and oxygen atoms in total. The van der Waals surface area contributed by atoms with Crippen molar-refractivity contribution in [2.45, 2.75) is 113 Å². The normalized spacial score (nSPS) is 14.9. The van der Waals surface area contributed by atoms with E-state index in [1.54, 1.807) is 13.8 Å². The molecular weight excluding hydrogens is 465 g/mol. The fraction of sp³-hybridized carbons (Fsp3) is 0.704. The van der Waals surface area contributed by atoms with Crippen LogP contribution < -0.4 is 0 Å². The molecule has 0 aliphatic heterocycles. The molecule has 8 heteroatoms. The SMILES string of the molecule is CC1CCC1.CCC(=O)CC(C)(C)C(F)(F)F.CCC(C)=Nc1cc(F)c(C(C)(C)O)c(F)c1C. The number of ketones is 1. The number of benzene rings is 1. The number of alkyl halides is 3. The van der Waals surface area contributed by atoms with Gasteiger partial charge in [0.25, 0.3) is 0 Å². The Labute approximate surface area is 207 Å². The van der Waals surface area contributed by atoms with Crippen LogP contribution in [0.5, 0.6) is 0 Å². The summed E-state index contributed by atoms with van der Waals surface area (Å²) >= 11 is 0. The van der Waals surface area contributed by atoms with Crippen LogP contribution in [0.25, 0.3) is 0 Å². The molecule has 0 atom stereocenters. The molecule has 0 heterocycles. The zero-order valence-corrected chi connectivity index (χ0v) is 22.6. The predicted octanol–water partition coefficient (Wildman–Crippen LogP) is 8.75. The maximum absolute atomic E-state index is 14.1. The molecule has 1 aliphatic rings. The van der Waals surface area contributed by atoms with Gasteiger partial charge in [-0.25, -0.2) is 8.78 Å². The Bertz CT molecular complexity index is 864. The number of carbonyl (C=O) groups excluding carboxylic acids is 1. The van der Waals surface area contributed by atoms with Gasteiger partial charge in [0.15, 0.2) is 0 Å². The highest BCUT2D eigenvalue weighted by atomic mass is 19.4. The lowest BCUT2D eigenvalue weighted by Gasteiger charge is -2.26. The van der Waals surface area contributed by atoms with Crippen molar-refractivity contribution in [3.63, 3.8) is 0 Å². The van der Waals surface area contributed by atoms with Gasteiger partial charge in [-0.2, -0.15) is 13.2 Å². The van der Waals surface area contributed by atoms with Gasteiger partial charge in [0.1, 0.15) is 17.4 Å². The number of Topliss-reactive ketones (excluding diaryl/α,β-unsaturated/α-hetero) is 1. The Balaban J connectivity index is 0.000000579. The van der Waals surface area contributed by atoms with Crippen LogP contribution in [0.4, 0.5) is 27.6 Å². The van der Waals surface area contributed by atoms with Crippen LogP contribution >= 0.6 is 0 Å². The van der Waals surface area contributed by atoms with Crippen molar-refractivity contribution in [2.75, 3.05) is 0 Å². The Morgan fingerprint density at radius 2 is 1.57 bits per heavy atom. The highest BCUT2D eigenvalue weighted by molar-refractivity contribution is 5.84. The van der Waals surface area contributed by atoms with Crippen LogP contribution in [0, 0.1) is 29.9 Å². The molecule has 1 aromatic carbocycles. The molecule has 1 N–H and O–H groups in total. The number of aliphatic imine (C=N–C) groups is 1. The number of hydrogen-bond donors (Lipinski definition) is 1. The minimum atomic E-state index is -4.29. The first-order valence-corrected chi connectivity index (χ1v) is 12.1. The first-order valence-electron chi connectivity index (χ1n) is 12.1. The van der Waals surface area contributed by atoms with E-state index in [-0.39, 0.29) is 29.0 Å². The summed E-state index contributed by atoms with van der Waals surface area (Å²) < 4.78 is 64.5. The summed E-state index contributed by atoms with van der Waals surface area (Å²) in [5, 5.41) is 9.78. The topological polar surface area (TPSA) is 49.7 Å². The first kappa shape index (κ1) is 33.2. The summed E-state index contributed by atoms with van der Waals surface area (Å²) in [5.74, 6) is -0.786. The molecule has 1 fully saturated rings. The second-order valence-corrected chi connectivity index (χ2v) is 10.4. The molecule has 0 spiro atoms. The summed E-state index contributed by atoms with van der Waals surface area (Å²) in [6, 6.07) is 1.17. The van der Waals surface area contributed by atoms with Crippen LogP contribution in [0.3, 0.4) is 0 Å². The van der Waals surface area contributed by atoms with Crippen LogP contribution in [0.15, 0.2) is 11.1 Å². The number of rotatable bonds is 6. The lowest BCUT2D eigenvalue weighted by molar-refractivity contribution is -0.213. The van der Waals surface area contributed by atoms with Crippen molar-refractivity contribution >= 4 is 17.2 Å². The van der Waals surface area contributed by atoms with Gasteiger partial charge in [0, 0.05) is 30.2 Å². The third-order valence-corrected chi connectivity index (χ3v) is 6.06. The van der Waals surface area contributed by atoms with E-state index < -0.39 is 35.2 Å². The second kappa shape index (κ2) is 13.5. The Hall–Kier alpha value is -1.83. The quantitative estimate of drug-likeness (QED) is 0.309. The Morgan fingerprint density at radius 1 is 1.09 bits per heavy atom. The Kier molecular flexibility index (Phi) is 12.8. The van der Waals surface area contributed by atoms with Gasteiger partial charge in [-0.1, -0.05) is 53.9 Å². The van der Waals surface area contributed by atoms with Crippen molar-refractivity contribution in [1.82, 2.24) is 0 Å². The van der Waals surface area contributed by atoms with Gasteiger partial charge in [0.2, 0.25) is 0 Å². The number of aliphatic hydroxyl groups is 1. The largest absolute Gasteiger partial charge is 0.394 e. The average Bonchev–Trinajstić information content (AvgIpc) is 2.68. The zero-order chi connectivity index (χ0) is 27.8. The fourth-order valence-electron chi connectivity index (χ4n) is 3.00. The maximum atomic E-state index is 14.1. The van der Waals surface area contributed by atoms with Crippen LogP contribution in [0.1, 0.15) is 105 Å². The molecule has 0 bridgehead atoms. The van der Waals surface area contributed by atoms with Crippen LogP contribution in [-0.2, 0) is 10.4 Å². The highest BCUT2D eigenvalue weighted by Gasteiger charge is 2.47. The Morgan fingerprint density at radius 3 is 1.89 bits per heavy atom. The van der Waals surface area contributed by atoms with Crippen LogP contribution in [-0.4, -0.2) is 22.8 Å². The lowest BCUT2D eigenvalue weighted by Crippen LogP contribution is -2.34. The summed E-state index contributed by atoms with van der Waals surface area (Å²) in [7, 11) is 0. The number of carbonyl (C=O) groups is 1. The summed E-state index contributed by atoms with van der Waals surface area (Å²) in [6.07, 6.45) is 0.626. The lowest BCUT2D eigenvalue weighted by atomic mass is 9.86. The van der Waals surface area contributed by atoms with Gasteiger partial charge >= 0.3 is 6.18 Å². The first-order chi connectivity index (χ1) is 15.8. The number of halogens is 5. The van der Waals surface area contributed by atoms with Crippen LogP contribution in [0.2, 0.25) is 0 Å². The van der Waals surface area contributed by atoms with E-state index in [9.17, 15) is 31.9 Å². The van der Waals surface area contributed by atoms with Crippen molar-refractivity contribution in [2.24, 2.45) is 16.3 Å². The van der Waals surface area contributed by atoms with Gasteiger partial charge in [-0.3, -0.25) is 9.79 Å². The molecule has 0 radical (unpaired) electrons. The van der Waals surface area contributed by atoms with Crippen molar-refractivity contribution < 1.29 is 31.9 Å². The molecule has 1 aliphatic carbocycles. The van der Waals surface area contributed by atoms with E-state index in [0.717, 1.165) is 31.9 Å². The monoisotopic (exact) mass is 507 g/mol. The third kappa shape index (κ3) is 10.8. The number of hydrogen-bond acceptors (Lipinski definition) is 3. The number of nitrogens with zero attached hydrogens (tertiary/aromatic N) is 1. The molecule has 1 aromatic rings. The van der Waals surface area contributed by atoms with E-state index in [4.69, 9.17) is 0 Å². The average molecular weight is 508 g/mol. The molecule has 0 saturated heterocycles. The molecule has 0 aromatic heterocycles. The van der Waals surface area contributed by atoms with Crippen molar-refractivity contribution in [3.8, 4) is 0 Å².